The van der Waals surface area contributed by atoms with Gasteiger partial charge in [-0.15, -0.1) is 0 Å². The number of benzene rings is 1. The largest absolute Gasteiger partial charge is 0.493 e. The third kappa shape index (κ3) is 4.04. The lowest BCUT2D eigenvalue weighted by Gasteiger charge is -2.18. The standard InChI is InChI=1S/C16H25N3O3/c1-3-9-22-15-12(5-4-6-14(15)21-2)10-18-16(20)19-8-7-13(17)11-19/h4-6,13H,3,7-11,17H2,1-2H3,(H,18,20). The van der Waals surface area contributed by atoms with Crippen molar-refractivity contribution in [3.05, 3.63) is 23.8 Å². The summed E-state index contributed by atoms with van der Waals surface area (Å²) in [5.74, 6) is 1.38. The van der Waals surface area contributed by atoms with Crippen molar-refractivity contribution in [1.29, 1.82) is 0 Å². The number of para-hydroxylation sites is 1. The van der Waals surface area contributed by atoms with Crippen molar-refractivity contribution >= 4 is 6.03 Å². The highest BCUT2D eigenvalue weighted by Gasteiger charge is 2.23. The smallest absolute Gasteiger partial charge is 0.317 e. The Morgan fingerprint density at radius 2 is 2.32 bits per heavy atom. The van der Waals surface area contributed by atoms with Crippen LogP contribution in [-0.4, -0.2) is 43.8 Å². The van der Waals surface area contributed by atoms with Gasteiger partial charge in [-0.2, -0.15) is 0 Å². The van der Waals surface area contributed by atoms with E-state index in [2.05, 4.69) is 5.32 Å². The van der Waals surface area contributed by atoms with Crippen LogP contribution >= 0.6 is 0 Å². The van der Waals surface area contributed by atoms with Crippen LogP contribution in [0.2, 0.25) is 0 Å². The molecule has 1 heterocycles. The van der Waals surface area contributed by atoms with E-state index >= 15 is 0 Å². The van der Waals surface area contributed by atoms with E-state index in [-0.39, 0.29) is 12.1 Å². The highest BCUT2D eigenvalue weighted by atomic mass is 16.5. The van der Waals surface area contributed by atoms with E-state index in [1.54, 1.807) is 12.0 Å². The molecule has 2 rings (SSSR count). The molecule has 122 valence electrons. The molecule has 0 aliphatic carbocycles. The number of methoxy groups -OCH3 is 1. The van der Waals surface area contributed by atoms with Crippen LogP contribution in [0.15, 0.2) is 18.2 Å². The van der Waals surface area contributed by atoms with Crippen molar-refractivity contribution < 1.29 is 14.3 Å². The van der Waals surface area contributed by atoms with E-state index in [1.165, 1.54) is 0 Å². The maximum atomic E-state index is 12.1. The number of carbonyl (C=O) groups excluding carboxylic acids is 1. The second kappa shape index (κ2) is 7.89. The number of ether oxygens (including phenoxy) is 2. The number of hydrogen-bond donors (Lipinski definition) is 2. The number of nitrogens with zero attached hydrogens (tertiary/aromatic N) is 1. The van der Waals surface area contributed by atoms with Gasteiger partial charge in [0.15, 0.2) is 11.5 Å². The molecule has 1 aromatic carbocycles. The van der Waals surface area contributed by atoms with Gasteiger partial charge in [0, 0.05) is 31.2 Å². The zero-order valence-corrected chi connectivity index (χ0v) is 13.3. The lowest BCUT2D eigenvalue weighted by molar-refractivity contribution is 0.207. The summed E-state index contributed by atoms with van der Waals surface area (Å²) in [5, 5.41) is 2.93. The summed E-state index contributed by atoms with van der Waals surface area (Å²) in [6, 6.07) is 5.69. The average molecular weight is 307 g/mol. The Balaban J connectivity index is 2.00. The van der Waals surface area contributed by atoms with Gasteiger partial charge in [-0.1, -0.05) is 19.1 Å². The molecular weight excluding hydrogens is 282 g/mol. The molecule has 6 heteroatoms. The predicted octanol–water partition coefficient (Wildman–Crippen LogP) is 1.73. The Kier molecular flexibility index (Phi) is 5.89. The lowest BCUT2D eigenvalue weighted by atomic mass is 10.2. The third-order valence-electron chi connectivity index (χ3n) is 3.67. The first-order valence-electron chi connectivity index (χ1n) is 7.72. The van der Waals surface area contributed by atoms with Crippen LogP contribution in [0.5, 0.6) is 11.5 Å². The fourth-order valence-corrected chi connectivity index (χ4v) is 2.48. The molecule has 0 saturated carbocycles. The Labute approximate surface area is 131 Å². The van der Waals surface area contributed by atoms with Crippen molar-refractivity contribution in [3.8, 4) is 11.5 Å². The van der Waals surface area contributed by atoms with Crippen LogP contribution in [0, 0.1) is 0 Å². The molecule has 1 unspecified atom stereocenters. The third-order valence-corrected chi connectivity index (χ3v) is 3.67. The summed E-state index contributed by atoms with van der Waals surface area (Å²) in [5.41, 5.74) is 6.74. The molecule has 2 amide bonds. The summed E-state index contributed by atoms with van der Waals surface area (Å²) in [7, 11) is 1.61. The number of carbonyl (C=O) groups is 1. The Morgan fingerprint density at radius 3 is 2.95 bits per heavy atom. The number of likely N-dealkylation sites (tertiary alicyclic amines) is 1. The molecule has 1 fully saturated rings. The maximum Gasteiger partial charge on any atom is 0.317 e. The van der Waals surface area contributed by atoms with Crippen LogP contribution in [0.25, 0.3) is 0 Å². The van der Waals surface area contributed by atoms with Gasteiger partial charge >= 0.3 is 6.03 Å². The van der Waals surface area contributed by atoms with Crippen LogP contribution in [-0.2, 0) is 6.54 Å². The Hall–Kier alpha value is -1.95. The molecule has 1 aromatic rings. The molecule has 3 N–H and O–H groups in total. The molecule has 0 radical (unpaired) electrons. The summed E-state index contributed by atoms with van der Waals surface area (Å²) >= 11 is 0. The van der Waals surface area contributed by atoms with Gasteiger partial charge in [0.1, 0.15) is 0 Å². The molecule has 1 saturated heterocycles. The number of hydrogen-bond acceptors (Lipinski definition) is 4. The van der Waals surface area contributed by atoms with Crippen LogP contribution in [0.1, 0.15) is 25.3 Å². The highest BCUT2D eigenvalue weighted by Crippen LogP contribution is 2.31. The van der Waals surface area contributed by atoms with Crippen molar-refractivity contribution in [1.82, 2.24) is 10.2 Å². The second-order valence-corrected chi connectivity index (χ2v) is 5.45. The minimum absolute atomic E-state index is 0.0859. The minimum atomic E-state index is -0.0859. The number of urea groups is 1. The van der Waals surface area contributed by atoms with E-state index in [1.807, 2.05) is 25.1 Å². The molecule has 22 heavy (non-hydrogen) atoms. The monoisotopic (exact) mass is 307 g/mol. The van der Waals surface area contributed by atoms with Gasteiger partial charge in [-0.25, -0.2) is 4.79 Å². The van der Waals surface area contributed by atoms with E-state index in [4.69, 9.17) is 15.2 Å². The Bertz CT molecular complexity index is 507. The Morgan fingerprint density at radius 1 is 1.50 bits per heavy atom. The van der Waals surface area contributed by atoms with Crippen molar-refractivity contribution in [2.75, 3.05) is 26.8 Å². The van der Waals surface area contributed by atoms with Crippen LogP contribution in [0.4, 0.5) is 4.79 Å². The van der Waals surface area contributed by atoms with Gasteiger partial charge in [0.25, 0.3) is 0 Å². The topological polar surface area (TPSA) is 76.8 Å². The molecule has 6 nitrogen and oxygen atoms in total. The van der Waals surface area contributed by atoms with E-state index in [9.17, 15) is 4.79 Å². The molecule has 1 aliphatic heterocycles. The second-order valence-electron chi connectivity index (χ2n) is 5.45. The maximum absolute atomic E-state index is 12.1. The van der Waals surface area contributed by atoms with Crippen LogP contribution in [0.3, 0.4) is 0 Å². The molecule has 0 aromatic heterocycles. The first kappa shape index (κ1) is 16.4. The molecule has 1 aliphatic rings. The molecule has 1 atom stereocenters. The van der Waals surface area contributed by atoms with E-state index in [0.717, 1.165) is 18.4 Å². The van der Waals surface area contributed by atoms with Crippen LogP contribution < -0.4 is 20.5 Å². The first-order chi connectivity index (χ1) is 10.7. The zero-order valence-electron chi connectivity index (χ0n) is 13.3. The lowest BCUT2D eigenvalue weighted by Crippen LogP contribution is -2.39. The molecular formula is C16H25N3O3. The fraction of sp³-hybridized carbons (Fsp3) is 0.562. The number of amides is 2. The highest BCUT2D eigenvalue weighted by molar-refractivity contribution is 5.74. The number of nitrogens with two attached hydrogens (primary N) is 1. The first-order valence-corrected chi connectivity index (χ1v) is 7.72. The van der Waals surface area contributed by atoms with Crippen molar-refractivity contribution in [3.63, 3.8) is 0 Å². The molecule has 0 bridgehead atoms. The van der Waals surface area contributed by atoms with Crippen molar-refractivity contribution in [2.45, 2.75) is 32.4 Å². The number of nitrogens with one attached hydrogen (secondary N) is 1. The van der Waals surface area contributed by atoms with Gasteiger partial charge < -0.3 is 25.4 Å². The SMILES string of the molecule is CCCOc1c(CNC(=O)N2CCC(N)C2)cccc1OC. The fourth-order valence-electron chi connectivity index (χ4n) is 2.48. The quantitative estimate of drug-likeness (QED) is 0.839. The minimum Gasteiger partial charge on any atom is -0.493 e. The van der Waals surface area contributed by atoms with Gasteiger partial charge in [-0.3, -0.25) is 0 Å². The molecule has 0 spiro atoms. The zero-order chi connectivity index (χ0) is 15.9. The van der Waals surface area contributed by atoms with Gasteiger partial charge in [0.2, 0.25) is 0 Å². The van der Waals surface area contributed by atoms with Gasteiger partial charge in [0.05, 0.1) is 13.7 Å². The van der Waals surface area contributed by atoms with E-state index in [0.29, 0.717) is 37.7 Å². The summed E-state index contributed by atoms with van der Waals surface area (Å²) in [6.45, 7) is 4.39. The summed E-state index contributed by atoms with van der Waals surface area (Å²) < 4.78 is 11.1. The van der Waals surface area contributed by atoms with Gasteiger partial charge in [-0.05, 0) is 18.9 Å². The van der Waals surface area contributed by atoms with E-state index < -0.39 is 0 Å². The van der Waals surface area contributed by atoms with Crippen molar-refractivity contribution in [2.24, 2.45) is 5.73 Å². The normalized spacial score (nSPS) is 17.4. The average Bonchev–Trinajstić information content (AvgIpc) is 2.97. The summed E-state index contributed by atoms with van der Waals surface area (Å²) in [6.07, 6.45) is 1.77. The predicted molar refractivity (Wildman–Crippen MR) is 85.2 cm³/mol. The number of rotatable bonds is 6. The summed E-state index contributed by atoms with van der Waals surface area (Å²) in [4.78, 5) is 13.9.